The van der Waals surface area contributed by atoms with Crippen LogP contribution in [0.3, 0.4) is 0 Å². The summed E-state index contributed by atoms with van der Waals surface area (Å²) in [4.78, 5) is 14.5. The van der Waals surface area contributed by atoms with Gasteiger partial charge in [0.2, 0.25) is 0 Å². The van der Waals surface area contributed by atoms with Gasteiger partial charge >= 0.3 is 5.76 Å². The number of aliphatic hydroxyl groups excluding tert-OH is 1. The van der Waals surface area contributed by atoms with Gasteiger partial charge in [-0.2, -0.15) is 0 Å². The number of methoxy groups -OCH3 is 1. The minimum Gasteiger partial charge on any atom is -0.408 e. The third-order valence-electron chi connectivity index (χ3n) is 5.86. The molecule has 2 aliphatic rings. The first kappa shape index (κ1) is 15.9. The van der Waals surface area contributed by atoms with Gasteiger partial charge in [-0.05, 0) is 37.8 Å². The summed E-state index contributed by atoms with van der Waals surface area (Å²) >= 11 is 0. The Morgan fingerprint density at radius 2 is 2.17 bits per heavy atom. The van der Waals surface area contributed by atoms with E-state index in [9.17, 15) is 9.90 Å². The Balaban J connectivity index is 1.53. The Kier molecular flexibility index (Phi) is 3.98. The van der Waals surface area contributed by atoms with Crippen molar-refractivity contribution in [2.24, 2.45) is 0 Å². The van der Waals surface area contributed by atoms with Gasteiger partial charge in [0.1, 0.15) is 0 Å². The van der Waals surface area contributed by atoms with Gasteiger partial charge in [0, 0.05) is 32.8 Å². The monoisotopic (exact) mass is 332 g/mol. The molecule has 1 N–H and O–H groups in total. The zero-order chi connectivity index (χ0) is 16.7. The predicted molar refractivity (Wildman–Crippen MR) is 90.0 cm³/mol. The summed E-state index contributed by atoms with van der Waals surface area (Å²) in [6, 6.07) is 7.73. The Labute approximate surface area is 140 Å². The van der Waals surface area contributed by atoms with E-state index in [1.165, 1.54) is 0 Å². The van der Waals surface area contributed by atoms with Crippen LogP contribution in [0.2, 0.25) is 0 Å². The molecule has 0 amide bonds. The molecule has 1 aromatic carbocycles. The first-order valence-electron chi connectivity index (χ1n) is 8.68. The molecule has 3 atom stereocenters. The van der Waals surface area contributed by atoms with E-state index in [0.717, 1.165) is 44.3 Å². The topological polar surface area (TPSA) is 67.8 Å². The molecular formula is C18H24N2O4. The van der Waals surface area contributed by atoms with E-state index in [2.05, 4.69) is 4.90 Å². The molecule has 1 aliphatic carbocycles. The molecule has 2 fully saturated rings. The van der Waals surface area contributed by atoms with E-state index in [1.54, 1.807) is 11.7 Å². The molecule has 24 heavy (non-hydrogen) atoms. The van der Waals surface area contributed by atoms with E-state index >= 15 is 0 Å². The summed E-state index contributed by atoms with van der Waals surface area (Å²) in [6.45, 7) is 2.28. The molecule has 1 aromatic heterocycles. The van der Waals surface area contributed by atoms with Crippen molar-refractivity contribution in [2.45, 2.75) is 50.0 Å². The molecule has 1 saturated carbocycles. The summed E-state index contributed by atoms with van der Waals surface area (Å²) in [5.74, 6) is -0.308. The van der Waals surface area contributed by atoms with E-state index in [1.807, 2.05) is 24.3 Å². The Morgan fingerprint density at radius 1 is 1.33 bits per heavy atom. The van der Waals surface area contributed by atoms with Crippen LogP contribution in [0.25, 0.3) is 11.1 Å². The number of rotatable bonds is 4. The smallest absolute Gasteiger partial charge is 0.408 e. The number of oxazole rings is 1. The van der Waals surface area contributed by atoms with Crippen molar-refractivity contribution < 1.29 is 14.3 Å². The molecule has 1 aliphatic heterocycles. The highest BCUT2D eigenvalue weighted by Crippen LogP contribution is 2.42. The number of benzene rings is 1. The second-order valence-corrected chi connectivity index (χ2v) is 6.99. The van der Waals surface area contributed by atoms with E-state index in [0.29, 0.717) is 12.1 Å². The highest BCUT2D eigenvalue weighted by atomic mass is 16.5. The second-order valence-electron chi connectivity index (χ2n) is 6.99. The maximum absolute atomic E-state index is 12.1. The molecule has 6 heteroatoms. The molecule has 0 unspecified atom stereocenters. The average Bonchev–Trinajstić information content (AvgIpc) is 3.10. The maximum atomic E-state index is 12.1. The van der Waals surface area contributed by atoms with Crippen LogP contribution in [-0.2, 0) is 11.3 Å². The van der Waals surface area contributed by atoms with Crippen molar-refractivity contribution in [3.8, 4) is 0 Å². The van der Waals surface area contributed by atoms with Crippen molar-refractivity contribution in [2.75, 3.05) is 20.2 Å². The lowest BCUT2D eigenvalue weighted by atomic mass is 9.79. The number of ether oxygens (including phenoxy) is 1. The second kappa shape index (κ2) is 6.02. The van der Waals surface area contributed by atoms with Crippen molar-refractivity contribution in [1.82, 2.24) is 9.47 Å². The third-order valence-corrected chi connectivity index (χ3v) is 5.86. The highest BCUT2D eigenvalue weighted by molar-refractivity contribution is 5.72. The normalized spacial score (nSPS) is 30.8. The summed E-state index contributed by atoms with van der Waals surface area (Å²) in [5.41, 5.74) is 1.33. The molecule has 6 nitrogen and oxygen atoms in total. The third kappa shape index (κ3) is 2.49. The fourth-order valence-electron chi connectivity index (χ4n) is 4.49. The zero-order valence-electron chi connectivity index (χ0n) is 14.0. The summed E-state index contributed by atoms with van der Waals surface area (Å²) < 4.78 is 12.9. The van der Waals surface area contributed by atoms with Gasteiger partial charge in [-0.3, -0.25) is 9.47 Å². The average molecular weight is 332 g/mol. The van der Waals surface area contributed by atoms with E-state index < -0.39 is 0 Å². The molecule has 0 bridgehead atoms. The summed E-state index contributed by atoms with van der Waals surface area (Å²) in [7, 11) is 1.78. The van der Waals surface area contributed by atoms with E-state index in [4.69, 9.17) is 9.15 Å². The lowest BCUT2D eigenvalue weighted by Crippen LogP contribution is -2.52. The number of nitrogens with zero attached hydrogens (tertiary/aromatic N) is 2. The number of hydrogen-bond acceptors (Lipinski definition) is 5. The van der Waals surface area contributed by atoms with Gasteiger partial charge < -0.3 is 14.3 Å². The Morgan fingerprint density at radius 3 is 3.00 bits per heavy atom. The maximum Gasteiger partial charge on any atom is 0.419 e. The van der Waals surface area contributed by atoms with Crippen molar-refractivity contribution >= 4 is 11.1 Å². The zero-order valence-corrected chi connectivity index (χ0v) is 14.0. The number of aromatic nitrogens is 1. The summed E-state index contributed by atoms with van der Waals surface area (Å²) in [6.07, 6.45) is 3.19. The largest absolute Gasteiger partial charge is 0.419 e. The van der Waals surface area contributed by atoms with Crippen LogP contribution >= 0.6 is 0 Å². The van der Waals surface area contributed by atoms with E-state index in [-0.39, 0.29) is 23.5 Å². The van der Waals surface area contributed by atoms with Crippen LogP contribution in [0.15, 0.2) is 33.5 Å². The van der Waals surface area contributed by atoms with Crippen LogP contribution in [0.4, 0.5) is 0 Å². The molecular weight excluding hydrogens is 308 g/mol. The number of hydrogen-bond donors (Lipinski definition) is 1. The van der Waals surface area contributed by atoms with Gasteiger partial charge in [-0.25, -0.2) is 4.79 Å². The van der Waals surface area contributed by atoms with Gasteiger partial charge in [-0.1, -0.05) is 12.1 Å². The Hall–Kier alpha value is -1.63. The minimum absolute atomic E-state index is 0.136. The van der Waals surface area contributed by atoms with Gasteiger partial charge in [-0.15, -0.1) is 0 Å². The Bertz CT molecular complexity index is 783. The number of fused-ring (bicyclic) bond motifs is 2. The molecule has 1 saturated heterocycles. The summed E-state index contributed by atoms with van der Waals surface area (Å²) in [5, 5.41) is 10.1. The van der Waals surface area contributed by atoms with Crippen LogP contribution < -0.4 is 5.76 Å². The molecule has 0 spiro atoms. The predicted octanol–water partition coefficient (Wildman–Crippen LogP) is 1.60. The lowest BCUT2D eigenvalue weighted by molar-refractivity contribution is -0.0871. The molecule has 4 rings (SSSR count). The fourth-order valence-corrected chi connectivity index (χ4v) is 4.49. The number of likely N-dealkylation sites (tertiary alicyclic amines) is 1. The van der Waals surface area contributed by atoms with Crippen LogP contribution in [0, 0.1) is 0 Å². The van der Waals surface area contributed by atoms with Gasteiger partial charge in [0.05, 0.1) is 17.2 Å². The fraction of sp³-hybridized carbons (Fsp3) is 0.611. The van der Waals surface area contributed by atoms with Crippen LogP contribution in [-0.4, -0.2) is 52.5 Å². The van der Waals surface area contributed by atoms with Gasteiger partial charge in [0.15, 0.2) is 5.58 Å². The molecule has 0 radical (unpaired) electrons. The number of aliphatic hydroxyl groups is 1. The van der Waals surface area contributed by atoms with Crippen LogP contribution in [0.1, 0.15) is 25.7 Å². The first-order chi connectivity index (χ1) is 11.6. The molecule has 2 heterocycles. The highest BCUT2D eigenvalue weighted by Gasteiger charge is 2.50. The standard InChI is InChI=1S/C18H24N2O4/c1-23-18-7-6-13(21)12-16(18)19(9-8-18)10-11-20-14-4-2-3-5-15(14)24-17(20)22/h2-5,13,16,21H,6-12H2,1H3/t13-,16-,18+/m0/s1. The van der Waals surface area contributed by atoms with Crippen molar-refractivity contribution in [1.29, 1.82) is 0 Å². The molecule has 2 aromatic rings. The number of para-hydroxylation sites is 2. The van der Waals surface area contributed by atoms with Gasteiger partial charge in [0.25, 0.3) is 0 Å². The quantitative estimate of drug-likeness (QED) is 0.921. The van der Waals surface area contributed by atoms with Crippen molar-refractivity contribution in [3.63, 3.8) is 0 Å². The SMILES string of the molecule is CO[C@@]12CC[C@H](O)C[C@@H]1N(CCn1c(=O)oc3ccccc31)CC2. The first-order valence-corrected chi connectivity index (χ1v) is 8.68. The minimum atomic E-state index is -0.308. The lowest BCUT2D eigenvalue weighted by Gasteiger charge is -2.42. The molecule has 130 valence electrons. The van der Waals surface area contributed by atoms with Crippen LogP contribution in [0.5, 0.6) is 0 Å². The van der Waals surface area contributed by atoms with Crippen molar-refractivity contribution in [3.05, 3.63) is 34.8 Å².